The molecular formula is C20H26Cl3SiTi-. The molecule has 0 nitrogen and oxygen atoms in total. The monoisotopic (exact) mass is 447 g/mol. The van der Waals surface area contributed by atoms with E-state index < -0.39 is 8.07 Å². The maximum absolute atomic E-state index is 2.48. The Labute approximate surface area is 186 Å². The van der Waals surface area contributed by atoms with Gasteiger partial charge in [-0.3, -0.25) is 0 Å². The topological polar surface area (TPSA) is 0 Å². The zero-order chi connectivity index (χ0) is 15.2. The van der Waals surface area contributed by atoms with E-state index in [1.54, 1.807) is 10.4 Å². The quantitative estimate of drug-likeness (QED) is 0.355. The Morgan fingerprint density at radius 1 is 0.760 bits per heavy atom. The van der Waals surface area contributed by atoms with Crippen LogP contribution in [0.4, 0.5) is 0 Å². The minimum Gasteiger partial charge on any atom is -0.165 e. The van der Waals surface area contributed by atoms with Crippen LogP contribution in [0.15, 0.2) is 48.5 Å². The van der Waals surface area contributed by atoms with Crippen LogP contribution in [0.1, 0.15) is 16.7 Å². The molecule has 0 fully saturated rings. The van der Waals surface area contributed by atoms with Crippen molar-refractivity contribution in [2.24, 2.45) is 0 Å². The number of hydrogen-bond donors (Lipinski definition) is 0. The summed E-state index contributed by atoms with van der Waals surface area (Å²) in [5, 5.41) is 5.98. The van der Waals surface area contributed by atoms with Crippen molar-refractivity contribution in [3.63, 3.8) is 0 Å². The van der Waals surface area contributed by atoms with Crippen molar-refractivity contribution < 1.29 is 21.7 Å². The van der Waals surface area contributed by atoms with Crippen LogP contribution in [0.2, 0.25) is 13.1 Å². The first-order chi connectivity index (χ1) is 9.89. The first kappa shape index (κ1) is 27.1. The third-order valence-electron chi connectivity index (χ3n) is 4.56. The maximum Gasteiger partial charge on any atom is 0.0662 e. The molecule has 3 aromatic carbocycles. The van der Waals surface area contributed by atoms with Gasteiger partial charge in [0.2, 0.25) is 0 Å². The smallest absolute Gasteiger partial charge is 0.0662 e. The third kappa shape index (κ3) is 5.19. The molecule has 0 heterocycles. The van der Waals surface area contributed by atoms with Crippen LogP contribution < -0.4 is 10.4 Å². The van der Waals surface area contributed by atoms with Gasteiger partial charge in [-0.2, -0.15) is 6.07 Å². The number of hydrogen-bond acceptors (Lipinski definition) is 0. The van der Waals surface area contributed by atoms with Crippen molar-refractivity contribution in [2.45, 2.75) is 33.9 Å². The second-order valence-electron chi connectivity index (χ2n) is 6.79. The van der Waals surface area contributed by atoms with Crippen LogP contribution in [-0.4, -0.2) is 8.07 Å². The number of halogens is 3. The summed E-state index contributed by atoms with van der Waals surface area (Å²) in [6.45, 7) is 11.6. The Morgan fingerprint density at radius 2 is 1.28 bits per heavy atom. The Kier molecular flexibility index (Phi) is 11.1. The molecular weight excluding hydrogens is 423 g/mol. The molecule has 3 rings (SSSR count). The van der Waals surface area contributed by atoms with Gasteiger partial charge in [0.1, 0.15) is 0 Å². The SMILES string of the molecule is Cc1cc(C)cc([Si](C)(C)[c-]2c(C)cc3ccccc32)c1.Cl.Cl.Cl.[Ti]. The van der Waals surface area contributed by atoms with Gasteiger partial charge < -0.3 is 0 Å². The summed E-state index contributed by atoms with van der Waals surface area (Å²) >= 11 is 0. The van der Waals surface area contributed by atoms with E-state index in [2.05, 4.69) is 82.4 Å². The number of rotatable bonds is 2. The molecule has 0 aliphatic rings. The van der Waals surface area contributed by atoms with Gasteiger partial charge in [0.05, 0.1) is 8.07 Å². The Hall–Kier alpha value is -0.149. The minimum absolute atomic E-state index is 0. The summed E-state index contributed by atoms with van der Waals surface area (Å²) < 4.78 is 0. The van der Waals surface area contributed by atoms with Crippen molar-refractivity contribution >= 4 is 66.4 Å². The molecule has 0 bridgehead atoms. The molecule has 0 amide bonds. The summed E-state index contributed by atoms with van der Waals surface area (Å²) in [5.41, 5.74) is 4.20. The van der Waals surface area contributed by atoms with Gasteiger partial charge in [-0.1, -0.05) is 60.6 Å². The molecule has 3 aromatic rings. The number of aryl methyl sites for hydroxylation is 3. The Bertz CT molecular complexity index is 805. The van der Waals surface area contributed by atoms with E-state index in [-0.39, 0.29) is 58.9 Å². The molecule has 0 radical (unpaired) electrons. The van der Waals surface area contributed by atoms with E-state index in [0.29, 0.717) is 0 Å². The number of fused-ring (bicyclic) bond motifs is 1. The molecule has 0 atom stereocenters. The molecule has 0 aliphatic carbocycles. The van der Waals surface area contributed by atoms with Crippen molar-refractivity contribution in [1.29, 1.82) is 0 Å². The summed E-state index contributed by atoms with van der Waals surface area (Å²) in [6.07, 6.45) is 0. The zero-order valence-electron chi connectivity index (χ0n) is 15.3. The molecule has 0 aromatic heterocycles. The maximum atomic E-state index is 2.48. The van der Waals surface area contributed by atoms with Gasteiger partial charge in [-0.15, -0.1) is 76.9 Å². The Balaban J connectivity index is 0. The largest absolute Gasteiger partial charge is 0.165 e. The fourth-order valence-electron chi connectivity index (χ4n) is 3.68. The predicted molar refractivity (Wildman–Crippen MR) is 119 cm³/mol. The standard InChI is InChI=1S/C20H23Si.3ClH.Ti/c1-14-10-15(2)12-18(11-14)21(4,5)20-16(3)13-17-8-6-7-9-19(17)20;;;;/h6-13H,1-5H3;3*1H;/q-1;;;;. The van der Waals surface area contributed by atoms with Crippen molar-refractivity contribution in [3.05, 3.63) is 65.2 Å². The molecule has 0 aliphatic heterocycles. The second-order valence-corrected chi connectivity index (χ2v) is 11.1. The Morgan fingerprint density at radius 3 is 1.84 bits per heavy atom. The van der Waals surface area contributed by atoms with E-state index in [9.17, 15) is 0 Å². The zero-order valence-corrected chi connectivity index (χ0v) is 20.4. The van der Waals surface area contributed by atoms with Crippen LogP contribution in [0.3, 0.4) is 0 Å². The van der Waals surface area contributed by atoms with Crippen LogP contribution in [0.5, 0.6) is 0 Å². The van der Waals surface area contributed by atoms with Gasteiger partial charge in [-0.25, -0.2) is 0 Å². The van der Waals surface area contributed by atoms with Crippen molar-refractivity contribution in [3.8, 4) is 0 Å². The van der Waals surface area contributed by atoms with Gasteiger partial charge >= 0.3 is 0 Å². The molecule has 136 valence electrons. The first-order valence-corrected chi connectivity index (χ1v) is 10.6. The average Bonchev–Trinajstić information content (AvgIpc) is 2.73. The molecule has 0 saturated heterocycles. The summed E-state index contributed by atoms with van der Waals surface area (Å²) in [6, 6.07) is 18.2. The molecule has 0 unspecified atom stereocenters. The molecule has 0 N–H and O–H groups in total. The first-order valence-electron chi connectivity index (χ1n) is 7.64. The second kappa shape index (κ2) is 10.3. The summed E-state index contributed by atoms with van der Waals surface area (Å²) in [7, 11) is -1.68. The van der Waals surface area contributed by atoms with E-state index in [0.717, 1.165) is 0 Å². The molecule has 5 heteroatoms. The van der Waals surface area contributed by atoms with Crippen LogP contribution in [0.25, 0.3) is 10.8 Å². The van der Waals surface area contributed by atoms with Gasteiger partial charge in [0.15, 0.2) is 0 Å². The van der Waals surface area contributed by atoms with E-state index in [4.69, 9.17) is 0 Å². The van der Waals surface area contributed by atoms with Crippen molar-refractivity contribution in [1.82, 2.24) is 0 Å². The van der Waals surface area contributed by atoms with Crippen LogP contribution >= 0.6 is 37.2 Å². The predicted octanol–water partition coefficient (Wildman–Crippen LogP) is 5.57. The summed E-state index contributed by atoms with van der Waals surface area (Å²) in [4.78, 5) is 0. The van der Waals surface area contributed by atoms with Crippen molar-refractivity contribution in [2.75, 3.05) is 0 Å². The fraction of sp³-hybridized carbons (Fsp3) is 0.250. The molecule has 0 saturated carbocycles. The normalized spacial score (nSPS) is 10.1. The van der Waals surface area contributed by atoms with E-state index >= 15 is 0 Å². The molecule has 25 heavy (non-hydrogen) atoms. The number of benzene rings is 2. The third-order valence-corrected chi connectivity index (χ3v) is 8.21. The summed E-state index contributed by atoms with van der Waals surface area (Å²) in [5.74, 6) is 0. The fourth-order valence-corrected chi connectivity index (χ4v) is 7.10. The van der Waals surface area contributed by atoms with Crippen LogP contribution in [-0.2, 0) is 21.7 Å². The van der Waals surface area contributed by atoms with Crippen LogP contribution in [0, 0.1) is 20.8 Å². The van der Waals surface area contributed by atoms with Gasteiger partial charge in [0.25, 0.3) is 0 Å². The minimum atomic E-state index is -1.68. The van der Waals surface area contributed by atoms with Gasteiger partial charge in [0, 0.05) is 21.7 Å². The average molecular weight is 449 g/mol. The molecule has 0 spiro atoms. The van der Waals surface area contributed by atoms with E-state index in [1.807, 2.05) is 0 Å². The van der Waals surface area contributed by atoms with Gasteiger partial charge in [-0.05, 0) is 13.8 Å². The van der Waals surface area contributed by atoms with E-state index in [1.165, 1.54) is 27.5 Å².